The summed E-state index contributed by atoms with van der Waals surface area (Å²) in [5.41, 5.74) is -1.01. The number of carbonyl (C=O) groups excluding carboxylic acids is 2. The third-order valence-electron chi connectivity index (χ3n) is 17.1. The molecule has 8 aromatic rings. The van der Waals surface area contributed by atoms with Crippen molar-refractivity contribution in [1.82, 2.24) is 23.8 Å². The number of alkyl halides is 6. The lowest BCUT2D eigenvalue weighted by atomic mass is 9.80. The number of hydrogen-bond donors (Lipinski definition) is 3. The first-order valence-electron chi connectivity index (χ1n) is 33.5. The number of benzene rings is 6. The van der Waals surface area contributed by atoms with Crippen LogP contribution in [0.4, 0.5) is 38.0 Å². The summed E-state index contributed by atoms with van der Waals surface area (Å²) in [6.07, 6.45) is -22.1. The predicted octanol–water partition coefficient (Wildman–Crippen LogP) is 12.1. The highest BCUT2D eigenvalue weighted by Gasteiger charge is 2.56. The second-order valence-corrected chi connectivity index (χ2v) is 26.2. The van der Waals surface area contributed by atoms with Gasteiger partial charge in [-0.2, -0.15) is 15.2 Å². The van der Waals surface area contributed by atoms with E-state index >= 15 is 0 Å². The van der Waals surface area contributed by atoms with Crippen molar-refractivity contribution in [3.8, 4) is 29.1 Å². The van der Waals surface area contributed by atoms with Crippen LogP contribution in [0.2, 0.25) is 0 Å². The van der Waals surface area contributed by atoms with Crippen molar-refractivity contribution < 1.29 is 97.5 Å². The predicted molar refractivity (Wildman–Crippen MR) is 378 cm³/mol. The number of amides is 2. The van der Waals surface area contributed by atoms with E-state index in [4.69, 9.17) is 51.7 Å². The summed E-state index contributed by atoms with van der Waals surface area (Å²) >= 11 is 0. The number of aliphatic hydroxyl groups excluding tert-OH is 1. The van der Waals surface area contributed by atoms with Gasteiger partial charge in [0.1, 0.15) is 82.5 Å². The lowest BCUT2D eigenvalue weighted by Crippen LogP contribution is -2.45. The molecule has 570 valence electrons. The Morgan fingerprint density at radius 1 is 0.542 bits per heavy atom. The Morgan fingerprint density at radius 3 is 1.22 bits per heavy atom. The molecule has 2 aromatic heterocycles. The number of nitriles is 1. The number of carbonyl (C=O) groups is 2. The van der Waals surface area contributed by atoms with E-state index in [9.17, 15) is 55.9 Å². The Balaban J connectivity index is 0.000000254. The van der Waals surface area contributed by atoms with Gasteiger partial charge < -0.3 is 62.7 Å². The first kappa shape index (κ1) is 81.4. The number of rotatable bonds is 30. The summed E-state index contributed by atoms with van der Waals surface area (Å²) in [7, 11) is 3.95. The Labute approximate surface area is 613 Å². The monoisotopic (exact) mass is 1510 g/mol. The summed E-state index contributed by atoms with van der Waals surface area (Å²) in [5, 5.41) is 25.3. The molecule has 107 heavy (non-hydrogen) atoms. The molecular weight excluding hydrogens is 1430 g/mol. The molecule has 9 atom stereocenters. The van der Waals surface area contributed by atoms with Gasteiger partial charge in [-0.1, -0.05) is 109 Å². The van der Waals surface area contributed by atoms with Gasteiger partial charge in [0.05, 0.1) is 60.7 Å². The number of aliphatic hydroxyl groups is 1. The molecule has 2 aliphatic rings. The first-order valence-corrected chi connectivity index (χ1v) is 34.6. The molecule has 0 aliphatic carbocycles. The molecule has 0 radical (unpaired) electrons. The standard InChI is InChI=1S/C42H49F3N5O9P.C33H32F3N3O8/c1-27(2)50(28(3)4)60(56-25-11-23-46)59-37-35(57-39(38(37)58-42(43,44)45)49-24-22-36(47-29(5)51)48-40(49)52)26-55-41(30-12-9-8-10-13-30,31-14-18-33(53-6)19-15-31)32-16-20-34(54-7)21-17-32;1-20(40)37-27-17-18-39(31(42)38-27)30-29(47-33(34,35)36)28(41)26(46-30)19-45-32(21-7-5-4-6-8-21,22-9-13-24(43-2)14-10-22)23-11-15-25(44-3)16-12-23/h8-10,12-22,24,27-28,35,37-39H,11,25-26H2,1-7H3,(H,47,48,51,52);4-18,26,28-30,41H,19H2,1-3H3,(H,37,38,40,42)/t35-,37+,38?,39-,60?;26-,28+,29?,30-/m11/s1. The summed E-state index contributed by atoms with van der Waals surface area (Å²) in [4.78, 5) is 57.1. The van der Waals surface area contributed by atoms with E-state index in [1.165, 1.54) is 40.2 Å². The maximum absolute atomic E-state index is 14.6. The van der Waals surface area contributed by atoms with Gasteiger partial charge in [-0.25, -0.2) is 14.3 Å². The van der Waals surface area contributed by atoms with E-state index in [-0.39, 0.29) is 36.7 Å². The minimum atomic E-state index is -5.24. The van der Waals surface area contributed by atoms with Crippen LogP contribution in [-0.2, 0) is 58.3 Å². The van der Waals surface area contributed by atoms with Crippen molar-refractivity contribution in [2.75, 3.05) is 58.9 Å². The molecule has 2 amide bonds. The van der Waals surface area contributed by atoms with E-state index < -0.39 is 118 Å². The lowest BCUT2D eigenvalue weighted by Gasteiger charge is -2.39. The zero-order valence-corrected chi connectivity index (χ0v) is 60.7. The van der Waals surface area contributed by atoms with Gasteiger partial charge in [0.25, 0.3) is 8.53 Å². The zero-order chi connectivity index (χ0) is 77.4. The van der Waals surface area contributed by atoms with Crippen molar-refractivity contribution in [3.05, 3.63) is 237 Å². The molecular formula is C75H81F6N8O17P. The van der Waals surface area contributed by atoms with Crippen LogP contribution in [0.25, 0.3) is 0 Å². The number of aromatic nitrogens is 4. The van der Waals surface area contributed by atoms with Crippen molar-refractivity contribution in [3.63, 3.8) is 0 Å². The summed E-state index contributed by atoms with van der Waals surface area (Å²) in [5.74, 6) is 1.06. The Morgan fingerprint density at radius 2 is 0.888 bits per heavy atom. The summed E-state index contributed by atoms with van der Waals surface area (Å²) in [6.45, 7) is 8.98. The topological polar surface area (TPSA) is 286 Å². The Hall–Kier alpha value is -9.68. The molecule has 3 N–H and O–H groups in total. The van der Waals surface area contributed by atoms with Gasteiger partial charge in [-0.05, 0) is 122 Å². The maximum Gasteiger partial charge on any atom is 0.523 e. The highest BCUT2D eigenvalue weighted by atomic mass is 31.2. The molecule has 0 bridgehead atoms. The van der Waals surface area contributed by atoms with Crippen LogP contribution in [0.5, 0.6) is 23.0 Å². The van der Waals surface area contributed by atoms with E-state index in [1.54, 1.807) is 87.0 Å². The number of hydrogen-bond acceptors (Lipinski definition) is 21. The van der Waals surface area contributed by atoms with E-state index in [0.717, 1.165) is 21.5 Å². The smallest absolute Gasteiger partial charge is 0.497 e. The number of methoxy groups -OCH3 is 4. The quantitative estimate of drug-likeness (QED) is 0.0163. The fourth-order valence-electron chi connectivity index (χ4n) is 12.5. The van der Waals surface area contributed by atoms with Gasteiger partial charge >= 0.3 is 24.1 Å². The highest BCUT2D eigenvalue weighted by Crippen LogP contribution is 2.53. The SMILES string of the molecule is COc1ccc(C(OC[C@H]2O[C@@H](n3ccc(NC(C)=O)nc3=O)C(OC(F)(F)F)[C@H]2O)(c2ccccc2)c2ccc(OC)cc2)cc1.COc1ccc(C(OC[C@H]2O[C@@H](n3ccc(NC(C)=O)nc3=O)C(OC(F)(F)F)[C@H]2OP(OCCC#N)N(C(C)C)C(C)C)(c2ccccc2)c2ccc(OC)cc2)cc1. The van der Waals surface area contributed by atoms with Crippen molar-refractivity contribution >= 4 is 32.0 Å². The van der Waals surface area contributed by atoms with Crippen LogP contribution in [0.1, 0.15) is 93.8 Å². The molecule has 2 aliphatic heterocycles. The number of halogens is 6. The van der Waals surface area contributed by atoms with Crippen LogP contribution < -0.4 is 41.0 Å². The zero-order valence-electron chi connectivity index (χ0n) is 59.8. The molecule has 25 nitrogen and oxygen atoms in total. The normalized spacial score (nSPS) is 19.2. The Kier molecular flexibility index (Phi) is 27.6. The average Bonchev–Trinajstić information content (AvgIpc) is 1.50. The van der Waals surface area contributed by atoms with E-state index in [0.29, 0.717) is 56.4 Å². The van der Waals surface area contributed by atoms with E-state index in [2.05, 4.69) is 25.3 Å². The van der Waals surface area contributed by atoms with Crippen molar-refractivity contribution in [2.24, 2.45) is 0 Å². The largest absolute Gasteiger partial charge is 0.523 e. The van der Waals surface area contributed by atoms with E-state index in [1.807, 2.05) is 123 Å². The molecule has 0 saturated carbocycles. The van der Waals surface area contributed by atoms with Gasteiger partial charge in [0.2, 0.25) is 11.8 Å². The molecule has 0 spiro atoms. The molecule has 10 rings (SSSR count). The van der Waals surface area contributed by atoms with Crippen LogP contribution >= 0.6 is 8.53 Å². The third kappa shape index (κ3) is 19.9. The number of anilines is 2. The van der Waals surface area contributed by atoms with Crippen molar-refractivity contribution in [1.29, 1.82) is 5.26 Å². The number of nitrogens with zero attached hydrogens (tertiary/aromatic N) is 6. The minimum Gasteiger partial charge on any atom is -0.497 e. The summed E-state index contributed by atoms with van der Waals surface area (Å²) < 4.78 is 157. The second kappa shape index (κ2) is 36.3. The number of nitrogens with one attached hydrogen (secondary N) is 2. The van der Waals surface area contributed by atoms with Crippen LogP contribution in [0, 0.1) is 11.3 Å². The molecule has 32 heteroatoms. The summed E-state index contributed by atoms with van der Waals surface area (Å²) in [6, 6.07) is 50.9. The maximum atomic E-state index is 14.6. The fraction of sp³-hybridized carbons (Fsp3) is 0.373. The first-order chi connectivity index (χ1) is 51.1. The van der Waals surface area contributed by atoms with Gasteiger partial charge in [-0.3, -0.25) is 28.2 Å². The molecule has 2 saturated heterocycles. The lowest BCUT2D eigenvalue weighted by molar-refractivity contribution is -0.356. The van der Waals surface area contributed by atoms with Crippen LogP contribution in [0.15, 0.2) is 192 Å². The third-order valence-corrected chi connectivity index (χ3v) is 19.2. The Bertz CT molecular complexity index is 4270. The second-order valence-electron chi connectivity index (χ2n) is 24.8. The van der Waals surface area contributed by atoms with Crippen LogP contribution in [-0.4, -0.2) is 150 Å². The van der Waals surface area contributed by atoms with Gasteiger partial charge in [0, 0.05) is 38.3 Å². The van der Waals surface area contributed by atoms with Crippen LogP contribution in [0.3, 0.4) is 0 Å². The molecule has 4 heterocycles. The highest BCUT2D eigenvalue weighted by molar-refractivity contribution is 7.44. The van der Waals surface area contributed by atoms with Gasteiger partial charge in [-0.15, -0.1) is 26.3 Å². The molecule has 3 unspecified atom stereocenters. The molecule has 6 aromatic carbocycles. The van der Waals surface area contributed by atoms with Crippen molar-refractivity contribution in [2.45, 2.75) is 133 Å². The average molecular weight is 1510 g/mol. The molecule has 2 fully saturated rings. The minimum absolute atomic E-state index is 0.0178. The van der Waals surface area contributed by atoms with Gasteiger partial charge in [0.15, 0.2) is 12.5 Å². The number of ether oxygens (including phenoxy) is 10. The fourth-order valence-corrected chi connectivity index (χ4v) is 14.3.